The van der Waals surface area contributed by atoms with Crippen molar-refractivity contribution in [3.8, 4) is 5.88 Å². The zero-order chi connectivity index (χ0) is 26.5. The molecule has 2 aromatic rings. The van der Waals surface area contributed by atoms with E-state index in [1.54, 1.807) is 47.4 Å². The summed E-state index contributed by atoms with van der Waals surface area (Å²) in [5.41, 5.74) is 1.53. The smallest absolute Gasteiger partial charge is 0.393 e. The predicted octanol–water partition coefficient (Wildman–Crippen LogP) is 5.90. The van der Waals surface area contributed by atoms with Crippen molar-refractivity contribution in [1.82, 2.24) is 20.3 Å². The van der Waals surface area contributed by atoms with Gasteiger partial charge in [0, 0.05) is 36.6 Å². The zero-order valence-corrected chi connectivity index (χ0v) is 21.1. The first-order valence-corrected chi connectivity index (χ1v) is 13.1. The second-order valence-electron chi connectivity index (χ2n) is 9.83. The van der Waals surface area contributed by atoms with Gasteiger partial charge in [0.2, 0.25) is 5.88 Å². The zero-order valence-electron chi connectivity index (χ0n) is 21.1. The number of hydrogen-bond acceptors (Lipinski definition) is 6. The monoisotopic (exact) mass is 532 g/mol. The fourth-order valence-corrected chi connectivity index (χ4v) is 5.23. The highest BCUT2D eigenvalue weighted by Crippen LogP contribution is 2.43. The summed E-state index contributed by atoms with van der Waals surface area (Å²) >= 11 is 0. The van der Waals surface area contributed by atoms with E-state index >= 15 is 0 Å². The van der Waals surface area contributed by atoms with E-state index in [2.05, 4.69) is 10.3 Å². The van der Waals surface area contributed by atoms with Gasteiger partial charge in [-0.15, -0.1) is 0 Å². The van der Waals surface area contributed by atoms with Crippen LogP contribution < -0.4 is 10.1 Å². The number of halogens is 4. The van der Waals surface area contributed by atoms with Crippen LogP contribution in [0.25, 0.3) is 11.1 Å². The molecule has 0 saturated carbocycles. The fourth-order valence-electron chi connectivity index (χ4n) is 5.23. The number of piperidine rings is 1. The number of aromatic nitrogens is 1. The highest BCUT2D eigenvalue weighted by Gasteiger charge is 2.37. The van der Waals surface area contributed by atoms with Crippen molar-refractivity contribution in [3.05, 3.63) is 71.7 Å². The number of hydrogen-bond donors (Lipinski definition) is 1. The fraction of sp³-hybridized carbons (Fsp3) is 0.464. The second-order valence-corrected chi connectivity index (χ2v) is 9.83. The van der Waals surface area contributed by atoms with Gasteiger partial charge >= 0.3 is 6.18 Å². The van der Waals surface area contributed by atoms with Gasteiger partial charge < -0.3 is 19.7 Å². The van der Waals surface area contributed by atoms with Gasteiger partial charge in [0.1, 0.15) is 19.0 Å². The Balaban J connectivity index is 1.59. The summed E-state index contributed by atoms with van der Waals surface area (Å²) in [5.74, 6) is 0.402. The number of rotatable bonds is 7. The third-order valence-electron chi connectivity index (χ3n) is 6.98. The van der Waals surface area contributed by atoms with Gasteiger partial charge in [-0.2, -0.15) is 18.3 Å². The average Bonchev–Trinajstić information content (AvgIpc) is 3.31. The Morgan fingerprint density at radius 2 is 1.89 bits per heavy atom. The maximum absolute atomic E-state index is 14.8. The van der Waals surface area contributed by atoms with Crippen molar-refractivity contribution in [1.29, 1.82) is 0 Å². The van der Waals surface area contributed by atoms with Gasteiger partial charge in [0.05, 0.1) is 18.3 Å². The molecule has 1 unspecified atom stereocenters. The summed E-state index contributed by atoms with van der Waals surface area (Å²) < 4.78 is 68.6. The van der Waals surface area contributed by atoms with Crippen LogP contribution >= 0.6 is 0 Å². The van der Waals surface area contributed by atoms with Crippen molar-refractivity contribution in [2.45, 2.75) is 57.0 Å². The Bertz CT molecular complexity index is 1130. The van der Waals surface area contributed by atoms with Gasteiger partial charge in [0.25, 0.3) is 0 Å². The lowest BCUT2D eigenvalue weighted by Crippen LogP contribution is -2.39. The molecule has 0 spiro atoms. The lowest BCUT2D eigenvalue weighted by Gasteiger charge is -2.35. The first kappa shape index (κ1) is 26.5. The van der Waals surface area contributed by atoms with Gasteiger partial charge in [-0.1, -0.05) is 34.8 Å². The molecule has 1 aromatic heterocycles. The lowest BCUT2D eigenvalue weighted by molar-refractivity contribution is -0.122. The van der Waals surface area contributed by atoms with Crippen LogP contribution in [0.15, 0.2) is 60.6 Å². The van der Waals surface area contributed by atoms with E-state index in [1.807, 2.05) is 0 Å². The standard InChI is InChI=1S/C28H32F4N4O2/c29-28(30,31)15-23(20-7-2-1-3-8-20)27(24-18-35(32)19-36(24)26-10-4-5-14-37-26)21-11-12-25(34-16-21)38-22-9-6-13-33-17-22/h1-3,7-8,11-12,16,18,22,26,33H,4-6,9-10,13-15,17,19H2/b27-23-/t22-,26?/m0/s1. The highest BCUT2D eigenvalue weighted by atomic mass is 19.4. The minimum atomic E-state index is -4.48. The maximum atomic E-state index is 14.8. The second kappa shape index (κ2) is 11.7. The van der Waals surface area contributed by atoms with Crippen molar-refractivity contribution in [2.75, 3.05) is 26.4 Å². The molecule has 1 aromatic carbocycles. The van der Waals surface area contributed by atoms with Crippen LogP contribution in [0.5, 0.6) is 5.88 Å². The third-order valence-corrected chi connectivity index (χ3v) is 6.98. The van der Waals surface area contributed by atoms with Crippen LogP contribution in [0.4, 0.5) is 17.7 Å². The number of allylic oxidation sites excluding steroid dienone is 2. The number of nitrogens with one attached hydrogen (secondary N) is 1. The molecular weight excluding hydrogens is 500 g/mol. The topological polar surface area (TPSA) is 49.9 Å². The summed E-state index contributed by atoms with van der Waals surface area (Å²) in [6.45, 7) is 2.07. The van der Waals surface area contributed by atoms with E-state index in [0.717, 1.165) is 32.2 Å². The largest absolute Gasteiger partial charge is 0.473 e. The number of ether oxygens (including phenoxy) is 2. The molecule has 0 bridgehead atoms. The molecule has 0 aliphatic carbocycles. The number of nitrogens with zero attached hydrogens (tertiary/aromatic N) is 3. The molecule has 10 heteroatoms. The summed E-state index contributed by atoms with van der Waals surface area (Å²) in [5, 5.41) is 3.78. The summed E-state index contributed by atoms with van der Waals surface area (Å²) in [6, 6.07) is 11.8. The van der Waals surface area contributed by atoms with Crippen molar-refractivity contribution >= 4 is 11.1 Å². The average molecular weight is 533 g/mol. The van der Waals surface area contributed by atoms with E-state index in [9.17, 15) is 17.7 Å². The molecular formula is C28H32F4N4O2. The van der Waals surface area contributed by atoms with Gasteiger partial charge in [-0.25, -0.2) is 4.98 Å². The van der Waals surface area contributed by atoms with Crippen molar-refractivity contribution < 1.29 is 27.1 Å². The van der Waals surface area contributed by atoms with Gasteiger partial charge in [0.15, 0.2) is 0 Å². The molecule has 38 heavy (non-hydrogen) atoms. The van der Waals surface area contributed by atoms with E-state index < -0.39 is 18.8 Å². The predicted molar refractivity (Wildman–Crippen MR) is 136 cm³/mol. The van der Waals surface area contributed by atoms with Crippen molar-refractivity contribution in [3.63, 3.8) is 0 Å². The Morgan fingerprint density at radius 3 is 2.55 bits per heavy atom. The van der Waals surface area contributed by atoms with Gasteiger partial charge in [-0.3, -0.25) is 0 Å². The molecule has 0 amide bonds. The molecule has 0 radical (unpaired) electrons. The Hall–Kier alpha value is -3.11. The highest BCUT2D eigenvalue weighted by molar-refractivity contribution is 5.98. The number of alkyl halides is 3. The summed E-state index contributed by atoms with van der Waals surface area (Å²) in [6.07, 6.45) is 1.03. The van der Waals surface area contributed by atoms with Crippen LogP contribution in [0.1, 0.15) is 49.7 Å². The molecule has 4 heterocycles. The van der Waals surface area contributed by atoms with E-state index in [-0.39, 0.29) is 23.9 Å². The Kier molecular flexibility index (Phi) is 8.18. The van der Waals surface area contributed by atoms with E-state index in [0.29, 0.717) is 47.4 Å². The van der Waals surface area contributed by atoms with Crippen LogP contribution in [-0.4, -0.2) is 59.9 Å². The molecule has 2 atom stereocenters. The third kappa shape index (κ3) is 6.47. The number of pyridine rings is 1. The first-order valence-electron chi connectivity index (χ1n) is 13.1. The Morgan fingerprint density at radius 1 is 1.05 bits per heavy atom. The molecule has 2 saturated heterocycles. The minimum Gasteiger partial charge on any atom is -0.473 e. The molecule has 3 aliphatic rings. The maximum Gasteiger partial charge on any atom is 0.393 e. The quantitative estimate of drug-likeness (QED) is 0.354. The first-order chi connectivity index (χ1) is 18.4. The van der Waals surface area contributed by atoms with Crippen LogP contribution in [0.2, 0.25) is 0 Å². The van der Waals surface area contributed by atoms with E-state index in [1.165, 1.54) is 12.4 Å². The SMILES string of the molecule is FN1C=C(/C(=C(/CC(F)(F)F)c2ccccc2)c2ccc(O[C@H]3CCCNC3)nc2)N(C2CCCCO2)C1. The van der Waals surface area contributed by atoms with Gasteiger partial charge in [-0.05, 0) is 55.9 Å². The Labute approximate surface area is 219 Å². The van der Waals surface area contributed by atoms with Crippen LogP contribution in [-0.2, 0) is 4.74 Å². The minimum absolute atomic E-state index is 0.0150. The van der Waals surface area contributed by atoms with E-state index in [4.69, 9.17) is 9.47 Å². The summed E-state index contributed by atoms with van der Waals surface area (Å²) in [7, 11) is 0. The normalized spacial score (nSPS) is 23.2. The molecule has 6 nitrogen and oxygen atoms in total. The van der Waals surface area contributed by atoms with Crippen LogP contribution in [0.3, 0.4) is 0 Å². The number of benzene rings is 1. The lowest BCUT2D eigenvalue weighted by atomic mass is 9.90. The molecule has 2 fully saturated rings. The molecule has 5 rings (SSSR count). The molecule has 204 valence electrons. The molecule has 1 N–H and O–H groups in total. The molecule has 3 aliphatic heterocycles. The van der Waals surface area contributed by atoms with Crippen LogP contribution in [0, 0.1) is 0 Å². The summed E-state index contributed by atoms with van der Waals surface area (Å²) in [4.78, 5) is 6.16. The van der Waals surface area contributed by atoms with Crippen molar-refractivity contribution in [2.24, 2.45) is 0 Å².